The Hall–Kier alpha value is -3.07. The lowest BCUT2D eigenvalue weighted by Crippen LogP contribution is -2.27. The molecule has 4 rings (SSSR count). The Kier molecular flexibility index (Phi) is 5.89. The van der Waals surface area contributed by atoms with Crippen molar-refractivity contribution in [3.05, 3.63) is 42.3 Å². The maximum absolute atomic E-state index is 12.4. The van der Waals surface area contributed by atoms with Crippen molar-refractivity contribution in [1.82, 2.24) is 25.1 Å². The molecule has 0 aliphatic rings. The number of hydrogen-bond donors (Lipinski definition) is 2. The molecule has 3 aromatic heterocycles. The highest BCUT2D eigenvalue weighted by Crippen LogP contribution is 2.25. The third-order valence-electron chi connectivity index (χ3n) is 4.43. The number of para-hydroxylation sites is 1. The van der Waals surface area contributed by atoms with Gasteiger partial charge < -0.3 is 15.1 Å². The lowest BCUT2D eigenvalue weighted by atomic mass is 10.2. The van der Waals surface area contributed by atoms with Crippen molar-refractivity contribution < 1.29 is 9.21 Å². The van der Waals surface area contributed by atoms with Crippen molar-refractivity contribution in [3.63, 3.8) is 0 Å². The van der Waals surface area contributed by atoms with Crippen LogP contribution < -0.4 is 10.6 Å². The van der Waals surface area contributed by atoms with Gasteiger partial charge in [-0.15, -0.1) is 0 Å². The second-order valence-corrected chi connectivity index (χ2v) is 8.33. The van der Waals surface area contributed by atoms with Gasteiger partial charge in [-0.05, 0) is 31.7 Å². The van der Waals surface area contributed by atoms with E-state index >= 15 is 0 Å². The molecule has 0 bridgehead atoms. The van der Waals surface area contributed by atoms with Crippen LogP contribution in [-0.2, 0) is 6.54 Å². The van der Waals surface area contributed by atoms with E-state index in [1.54, 1.807) is 28.7 Å². The summed E-state index contributed by atoms with van der Waals surface area (Å²) in [6, 6.07) is 9.55. The number of nitrogens with one attached hydrogen (secondary N) is 2. The molecular formula is C21H24N6O2S. The number of thioether (sulfide) groups is 1. The van der Waals surface area contributed by atoms with Gasteiger partial charge in [0.15, 0.2) is 16.6 Å². The Morgan fingerprint density at radius 3 is 2.87 bits per heavy atom. The number of carbonyl (C=O) groups is 1. The zero-order valence-electron chi connectivity index (χ0n) is 17.2. The van der Waals surface area contributed by atoms with E-state index in [1.165, 1.54) is 0 Å². The summed E-state index contributed by atoms with van der Waals surface area (Å²) in [4.78, 5) is 21.7. The van der Waals surface area contributed by atoms with E-state index in [4.69, 9.17) is 4.42 Å². The van der Waals surface area contributed by atoms with Crippen LogP contribution in [0.2, 0.25) is 0 Å². The number of rotatable bonds is 8. The van der Waals surface area contributed by atoms with Gasteiger partial charge in [-0.3, -0.25) is 4.79 Å². The molecule has 0 fully saturated rings. The molecule has 156 valence electrons. The highest BCUT2D eigenvalue weighted by molar-refractivity contribution is 7.99. The highest BCUT2D eigenvalue weighted by atomic mass is 32.2. The molecular weight excluding hydrogens is 400 g/mol. The van der Waals surface area contributed by atoms with Crippen molar-refractivity contribution in [2.75, 3.05) is 17.6 Å². The second kappa shape index (κ2) is 8.74. The van der Waals surface area contributed by atoms with E-state index in [9.17, 15) is 4.79 Å². The fourth-order valence-electron chi connectivity index (χ4n) is 3.13. The Balaban J connectivity index is 1.49. The first-order valence-corrected chi connectivity index (χ1v) is 10.9. The molecule has 30 heavy (non-hydrogen) atoms. The third kappa shape index (κ3) is 4.25. The van der Waals surface area contributed by atoms with Crippen LogP contribution in [0.1, 0.15) is 31.3 Å². The summed E-state index contributed by atoms with van der Waals surface area (Å²) in [5, 5.41) is 13.2. The van der Waals surface area contributed by atoms with Gasteiger partial charge in [0.1, 0.15) is 11.4 Å². The SMILES string of the molecule is CCSc1nc(NC(C)C)c2cnn(CCNC(=O)c3cc4ccccc4o3)c2n1. The molecule has 1 amide bonds. The number of benzene rings is 1. The number of fused-ring (bicyclic) bond motifs is 2. The van der Waals surface area contributed by atoms with Crippen molar-refractivity contribution in [3.8, 4) is 0 Å². The Labute approximate surface area is 178 Å². The zero-order chi connectivity index (χ0) is 21.1. The van der Waals surface area contributed by atoms with Crippen LogP contribution in [0.4, 0.5) is 5.82 Å². The van der Waals surface area contributed by atoms with Crippen LogP contribution in [-0.4, -0.2) is 44.0 Å². The predicted octanol–water partition coefficient (Wildman–Crippen LogP) is 3.93. The average Bonchev–Trinajstić information content (AvgIpc) is 3.32. The highest BCUT2D eigenvalue weighted by Gasteiger charge is 2.15. The summed E-state index contributed by atoms with van der Waals surface area (Å²) in [6.07, 6.45) is 1.77. The first kappa shape index (κ1) is 20.2. The molecule has 0 atom stereocenters. The van der Waals surface area contributed by atoms with Gasteiger partial charge >= 0.3 is 0 Å². The molecule has 8 nitrogen and oxygen atoms in total. The quantitative estimate of drug-likeness (QED) is 0.327. The average molecular weight is 425 g/mol. The number of hydrogen-bond acceptors (Lipinski definition) is 7. The topological polar surface area (TPSA) is 97.9 Å². The van der Waals surface area contributed by atoms with Crippen molar-refractivity contribution in [1.29, 1.82) is 0 Å². The minimum atomic E-state index is -0.248. The number of amides is 1. The Morgan fingerprint density at radius 1 is 1.27 bits per heavy atom. The van der Waals surface area contributed by atoms with Crippen molar-refractivity contribution in [2.24, 2.45) is 0 Å². The first-order chi connectivity index (χ1) is 14.5. The second-order valence-electron chi connectivity index (χ2n) is 7.10. The van der Waals surface area contributed by atoms with E-state index in [0.717, 1.165) is 28.0 Å². The Morgan fingerprint density at radius 2 is 2.10 bits per heavy atom. The normalized spacial score (nSPS) is 11.5. The molecule has 0 spiro atoms. The predicted molar refractivity (Wildman–Crippen MR) is 119 cm³/mol. The molecule has 9 heteroatoms. The Bertz CT molecular complexity index is 1150. The standard InChI is InChI=1S/C21H24N6O2S/c1-4-30-21-25-18(24-13(2)3)15-12-23-27(19(15)26-21)10-9-22-20(28)17-11-14-7-5-6-8-16(14)29-17/h5-8,11-13H,4,9-10H2,1-3H3,(H,22,28)(H,24,25,26). The monoisotopic (exact) mass is 424 g/mol. The molecule has 0 saturated carbocycles. The van der Waals surface area contributed by atoms with Crippen LogP contribution in [0.25, 0.3) is 22.0 Å². The summed E-state index contributed by atoms with van der Waals surface area (Å²) in [7, 11) is 0. The van der Waals surface area contributed by atoms with Gasteiger partial charge in [-0.2, -0.15) is 5.10 Å². The minimum Gasteiger partial charge on any atom is -0.451 e. The minimum absolute atomic E-state index is 0.244. The van der Waals surface area contributed by atoms with Crippen LogP contribution in [0.5, 0.6) is 0 Å². The van der Waals surface area contributed by atoms with Crippen molar-refractivity contribution in [2.45, 2.75) is 38.5 Å². The molecule has 0 aliphatic heterocycles. The van der Waals surface area contributed by atoms with E-state index in [1.807, 2.05) is 24.3 Å². The fourth-order valence-corrected chi connectivity index (χ4v) is 3.70. The van der Waals surface area contributed by atoms with Crippen LogP contribution in [0.15, 0.2) is 46.1 Å². The van der Waals surface area contributed by atoms with Crippen LogP contribution in [0.3, 0.4) is 0 Å². The fraction of sp³-hybridized carbons (Fsp3) is 0.333. The number of furan rings is 1. The summed E-state index contributed by atoms with van der Waals surface area (Å²) in [5.41, 5.74) is 1.45. The van der Waals surface area contributed by atoms with E-state index in [2.05, 4.69) is 46.5 Å². The maximum atomic E-state index is 12.4. The van der Waals surface area contributed by atoms with Crippen LogP contribution in [0, 0.1) is 0 Å². The molecule has 1 aromatic carbocycles. The van der Waals surface area contributed by atoms with E-state index in [0.29, 0.717) is 29.6 Å². The number of anilines is 1. The van der Waals surface area contributed by atoms with Gasteiger partial charge in [0.2, 0.25) is 0 Å². The molecule has 4 aromatic rings. The number of nitrogens with zero attached hydrogens (tertiary/aromatic N) is 4. The lowest BCUT2D eigenvalue weighted by molar-refractivity contribution is 0.0926. The molecule has 0 radical (unpaired) electrons. The molecule has 2 N–H and O–H groups in total. The molecule has 3 heterocycles. The first-order valence-electron chi connectivity index (χ1n) is 9.95. The third-order valence-corrected chi connectivity index (χ3v) is 5.16. The summed E-state index contributed by atoms with van der Waals surface area (Å²) in [5.74, 6) is 1.72. The number of aromatic nitrogens is 4. The van der Waals surface area contributed by atoms with E-state index < -0.39 is 0 Å². The number of carbonyl (C=O) groups excluding carboxylic acids is 1. The van der Waals surface area contributed by atoms with Gasteiger partial charge in [-0.25, -0.2) is 14.6 Å². The maximum Gasteiger partial charge on any atom is 0.287 e. The molecule has 0 aliphatic carbocycles. The lowest BCUT2D eigenvalue weighted by Gasteiger charge is -2.11. The molecule has 0 unspecified atom stereocenters. The molecule has 0 saturated heterocycles. The smallest absolute Gasteiger partial charge is 0.287 e. The van der Waals surface area contributed by atoms with Gasteiger partial charge in [0.25, 0.3) is 5.91 Å². The van der Waals surface area contributed by atoms with Gasteiger partial charge in [0, 0.05) is 18.0 Å². The van der Waals surface area contributed by atoms with Crippen LogP contribution >= 0.6 is 11.8 Å². The largest absolute Gasteiger partial charge is 0.451 e. The van der Waals surface area contributed by atoms with Crippen molar-refractivity contribution >= 4 is 45.5 Å². The summed E-state index contributed by atoms with van der Waals surface area (Å²) in [6.45, 7) is 7.10. The van der Waals surface area contributed by atoms with Gasteiger partial charge in [-0.1, -0.05) is 36.9 Å². The summed E-state index contributed by atoms with van der Waals surface area (Å²) < 4.78 is 7.41. The zero-order valence-corrected chi connectivity index (χ0v) is 18.0. The van der Waals surface area contributed by atoms with E-state index in [-0.39, 0.29) is 11.9 Å². The summed E-state index contributed by atoms with van der Waals surface area (Å²) >= 11 is 1.59. The van der Waals surface area contributed by atoms with Gasteiger partial charge in [0.05, 0.1) is 18.1 Å².